The second-order valence-corrected chi connectivity index (χ2v) is 12.3. The van der Waals surface area contributed by atoms with Crippen molar-refractivity contribution in [2.24, 2.45) is 5.92 Å². The second-order valence-electron chi connectivity index (χ2n) is 12.3. The molecule has 0 aliphatic carbocycles. The minimum atomic E-state index is -1.19. The predicted octanol–water partition coefficient (Wildman–Crippen LogP) is 5.59. The first-order valence-electron chi connectivity index (χ1n) is 15.2. The number of fused-ring (bicyclic) bond motifs is 1. The Bertz CT molecular complexity index is 1570. The molecule has 5 heterocycles. The van der Waals surface area contributed by atoms with Gasteiger partial charge in [0, 0.05) is 49.2 Å². The highest BCUT2D eigenvalue weighted by Gasteiger charge is 2.38. The minimum absolute atomic E-state index is 0.0806. The van der Waals surface area contributed by atoms with Crippen molar-refractivity contribution in [3.8, 4) is 5.69 Å². The van der Waals surface area contributed by atoms with Gasteiger partial charge in [0.15, 0.2) is 0 Å². The van der Waals surface area contributed by atoms with E-state index in [0.29, 0.717) is 48.6 Å². The van der Waals surface area contributed by atoms with Gasteiger partial charge in [-0.2, -0.15) is 5.10 Å². The lowest BCUT2D eigenvalue weighted by molar-refractivity contribution is -0.0409. The summed E-state index contributed by atoms with van der Waals surface area (Å²) < 4.78 is 31.8. The van der Waals surface area contributed by atoms with Gasteiger partial charge in [0.25, 0.3) is 0 Å². The van der Waals surface area contributed by atoms with E-state index < -0.39 is 17.0 Å². The van der Waals surface area contributed by atoms with Crippen LogP contribution >= 0.6 is 0 Å². The minimum Gasteiger partial charge on any atom is -0.444 e. The molecule has 0 radical (unpaired) electrons. The fraction of sp³-hybridized carbons (Fsp3) is 0.455. The van der Waals surface area contributed by atoms with Crippen LogP contribution in [0.1, 0.15) is 46.2 Å². The van der Waals surface area contributed by atoms with E-state index in [1.807, 2.05) is 32.9 Å². The van der Waals surface area contributed by atoms with Crippen molar-refractivity contribution in [3.05, 3.63) is 72.6 Å². The maximum atomic E-state index is 14.8. The normalized spacial score (nSPS) is 17.2. The molecule has 1 atom stereocenters. The van der Waals surface area contributed by atoms with E-state index in [0.717, 1.165) is 31.8 Å². The van der Waals surface area contributed by atoms with Crippen molar-refractivity contribution in [2.45, 2.75) is 51.7 Å². The van der Waals surface area contributed by atoms with Gasteiger partial charge in [0.05, 0.1) is 49.0 Å². The number of carbonyl (C=O) groups is 1. The molecule has 0 bridgehead atoms. The fourth-order valence-corrected chi connectivity index (χ4v) is 5.27. The van der Waals surface area contributed by atoms with Crippen LogP contribution in [0.3, 0.4) is 0 Å². The maximum absolute atomic E-state index is 14.8. The first-order valence-corrected chi connectivity index (χ1v) is 15.2. The molecule has 3 aromatic heterocycles. The number of nitrogens with one attached hydrogen (secondary N) is 1. The van der Waals surface area contributed by atoms with Gasteiger partial charge >= 0.3 is 6.09 Å². The summed E-state index contributed by atoms with van der Waals surface area (Å²) in [5, 5.41) is 19.5. The number of aromatic nitrogens is 4. The smallest absolute Gasteiger partial charge is 0.410 e. The monoisotopic (exact) mass is 620 g/mol. The average Bonchev–Trinajstić information content (AvgIpc) is 3.57. The third-order valence-corrected chi connectivity index (χ3v) is 7.76. The average molecular weight is 621 g/mol. The predicted molar refractivity (Wildman–Crippen MR) is 168 cm³/mol. The third kappa shape index (κ3) is 8.33. The molecule has 2 aliphatic rings. The largest absolute Gasteiger partial charge is 0.444 e. The molecule has 2 fully saturated rings. The van der Waals surface area contributed by atoms with Crippen molar-refractivity contribution in [3.63, 3.8) is 0 Å². The van der Waals surface area contributed by atoms with Gasteiger partial charge in [-0.25, -0.2) is 23.8 Å². The van der Waals surface area contributed by atoms with E-state index in [9.17, 15) is 14.3 Å². The Morgan fingerprint density at radius 1 is 1.04 bits per heavy atom. The summed E-state index contributed by atoms with van der Waals surface area (Å²) >= 11 is 0. The lowest BCUT2D eigenvalue weighted by Crippen LogP contribution is -2.46. The van der Waals surface area contributed by atoms with E-state index in [1.54, 1.807) is 59.4 Å². The van der Waals surface area contributed by atoms with Crippen molar-refractivity contribution >= 4 is 28.5 Å². The molecule has 0 saturated carbocycles. The molecule has 2 N–H and O–H groups in total. The van der Waals surface area contributed by atoms with E-state index in [2.05, 4.69) is 15.4 Å². The number of ether oxygens (including phenoxy) is 3. The van der Waals surface area contributed by atoms with Gasteiger partial charge in [0.1, 0.15) is 22.8 Å². The summed E-state index contributed by atoms with van der Waals surface area (Å²) in [6.45, 7) is 11.4. The molecular formula is C33H41FN6O5. The molecule has 2 saturated heterocycles. The number of amides is 1. The van der Waals surface area contributed by atoms with Gasteiger partial charge < -0.3 is 29.5 Å². The van der Waals surface area contributed by atoms with Crippen LogP contribution in [0.25, 0.3) is 16.6 Å². The van der Waals surface area contributed by atoms with E-state index >= 15 is 0 Å². The topological polar surface area (TPSA) is 124 Å². The Balaban J connectivity index is 0.000000598. The van der Waals surface area contributed by atoms with Crippen molar-refractivity contribution in [1.29, 1.82) is 0 Å². The standard InChI is InChI=1S/C29H33FN6O3.C4H8O2/c1-28(2,3)39-27(37)35-14-10-20(11-15-35)29(4,38)25-9-6-19-18-31-26(17-24(19)33-25)34-23-8-7-21(16-22(23)30)36-13-5-12-32-36;1-2-6-4-3-5-1/h5-9,12-13,16-18,20,38H,10-11,14-15H2,1-4H3,(H,31,34);1-4H2. The molecule has 45 heavy (non-hydrogen) atoms. The van der Waals surface area contributed by atoms with E-state index in [1.165, 1.54) is 6.07 Å². The van der Waals surface area contributed by atoms with Crippen LogP contribution in [0, 0.1) is 11.7 Å². The molecular weight excluding hydrogens is 579 g/mol. The molecule has 0 spiro atoms. The number of nitrogens with zero attached hydrogens (tertiary/aromatic N) is 5. The number of benzene rings is 1. The zero-order valence-corrected chi connectivity index (χ0v) is 26.2. The molecule has 4 aromatic rings. The zero-order chi connectivity index (χ0) is 32.0. The SMILES string of the molecule is C1COCCO1.CC(C)(C)OC(=O)N1CCC(C(C)(O)c2ccc3cnc(Nc4ccc(-n5cccn5)cc4F)cc3n2)CC1. The van der Waals surface area contributed by atoms with Gasteiger partial charge in [-0.1, -0.05) is 0 Å². The van der Waals surface area contributed by atoms with Crippen LogP contribution in [-0.2, 0) is 19.8 Å². The van der Waals surface area contributed by atoms with Crippen LogP contribution in [0.2, 0.25) is 0 Å². The summed E-state index contributed by atoms with van der Waals surface area (Å²) in [7, 11) is 0. The Labute approximate surface area is 262 Å². The van der Waals surface area contributed by atoms with Gasteiger partial charge in [-0.05, 0) is 76.8 Å². The number of rotatable bonds is 5. The number of hydrogen-bond acceptors (Lipinski definition) is 9. The van der Waals surface area contributed by atoms with Crippen LogP contribution in [0.5, 0.6) is 0 Å². The van der Waals surface area contributed by atoms with Crippen LogP contribution in [0.15, 0.2) is 61.1 Å². The number of hydrogen-bond donors (Lipinski definition) is 2. The quantitative estimate of drug-likeness (QED) is 0.294. The molecule has 1 aromatic carbocycles. The summed E-state index contributed by atoms with van der Waals surface area (Å²) in [6, 6.07) is 12.0. The number of piperidine rings is 1. The van der Waals surface area contributed by atoms with Crippen molar-refractivity contribution in [1.82, 2.24) is 24.6 Å². The molecule has 6 rings (SSSR count). The first-order chi connectivity index (χ1) is 21.5. The highest BCUT2D eigenvalue weighted by atomic mass is 19.1. The molecule has 1 amide bonds. The number of pyridine rings is 2. The van der Waals surface area contributed by atoms with Crippen molar-refractivity contribution < 1.29 is 28.5 Å². The number of anilines is 2. The first kappa shape index (κ1) is 32.3. The molecule has 12 heteroatoms. The van der Waals surface area contributed by atoms with Crippen LogP contribution < -0.4 is 5.32 Å². The highest BCUT2D eigenvalue weighted by Crippen LogP contribution is 2.36. The Kier molecular flexibility index (Phi) is 9.96. The lowest BCUT2D eigenvalue weighted by Gasteiger charge is -2.39. The fourth-order valence-electron chi connectivity index (χ4n) is 5.27. The van der Waals surface area contributed by atoms with E-state index in [-0.39, 0.29) is 17.7 Å². The number of likely N-dealkylation sites (tertiary alicyclic amines) is 1. The highest BCUT2D eigenvalue weighted by molar-refractivity contribution is 5.81. The van der Waals surface area contributed by atoms with Gasteiger partial charge in [0.2, 0.25) is 0 Å². The lowest BCUT2D eigenvalue weighted by atomic mass is 9.79. The Morgan fingerprint density at radius 2 is 1.76 bits per heavy atom. The second kappa shape index (κ2) is 13.9. The third-order valence-electron chi connectivity index (χ3n) is 7.76. The molecule has 11 nitrogen and oxygen atoms in total. The summed E-state index contributed by atoms with van der Waals surface area (Å²) in [5.74, 6) is -0.0848. The zero-order valence-electron chi connectivity index (χ0n) is 26.2. The van der Waals surface area contributed by atoms with Gasteiger partial charge in [-0.15, -0.1) is 0 Å². The van der Waals surface area contributed by atoms with E-state index in [4.69, 9.17) is 19.2 Å². The molecule has 1 unspecified atom stereocenters. The Morgan fingerprint density at radius 3 is 2.36 bits per heavy atom. The number of aliphatic hydroxyl groups is 1. The summed E-state index contributed by atoms with van der Waals surface area (Å²) in [4.78, 5) is 23.3. The number of carbonyl (C=O) groups excluding carboxylic acids is 1. The summed E-state index contributed by atoms with van der Waals surface area (Å²) in [5.41, 5.74) is 0.312. The van der Waals surface area contributed by atoms with Crippen LogP contribution in [-0.4, -0.2) is 81.0 Å². The van der Waals surface area contributed by atoms with Crippen LogP contribution in [0.4, 0.5) is 20.7 Å². The number of halogens is 1. The van der Waals surface area contributed by atoms with Gasteiger partial charge in [-0.3, -0.25) is 0 Å². The maximum Gasteiger partial charge on any atom is 0.410 e. The summed E-state index contributed by atoms with van der Waals surface area (Å²) in [6.07, 6.45) is 5.97. The Hall–Kier alpha value is -4.13. The van der Waals surface area contributed by atoms with Crippen molar-refractivity contribution in [2.75, 3.05) is 44.8 Å². The molecule has 240 valence electrons. The molecule has 2 aliphatic heterocycles.